The predicted molar refractivity (Wildman–Crippen MR) is 59.4 cm³/mol. The summed E-state index contributed by atoms with van der Waals surface area (Å²) in [5.41, 5.74) is 0. The third-order valence-corrected chi connectivity index (χ3v) is 2.58. The zero-order valence-corrected chi connectivity index (χ0v) is 10.1. The molecule has 17 heavy (non-hydrogen) atoms. The van der Waals surface area contributed by atoms with E-state index in [1.54, 1.807) is 4.68 Å². The van der Waals surface area contributed by atoms with Gasteiger partial charge in [0, 0.05) is 6.04 Å². The Labute approximate surface area is 99.9 Å². The molecule has 0 atom stereocenters. The van der Waals surface area contributed by atoms with E-state index in [0.29, 0.717) is 19.0 Å². The molecule has 94 valence electrons. The molecule has 0 spiro atoms. The largest absolute Gasteiger partial charge is 0.350 e. The number of carbonyl (C=O) groups is 1. The molecular formula is C11H17N3O3. The lowest BCUT2D eigenvalue weighted by Gasteiger charge is -2.10. The molecule has 0 aromatic carbocycles. The van der Waals surface area contributed by atoms with Crippen molar-refractivity contribution < 1.29 is 14.3 Å². The Morgan fingerprint density at radius 1 is 1.53 bits per heavy atom. The number of carbonyl (C=O) groups excluding carboxylic acids is 1. The molecule has 0 aliphatic carbocycles. The van der Waals surface area contributed by atoms with Crippen LogP contribution in [0.3, 0.4) is 0 Å². The Morgan fingerprint density at radius 3 is 2.88 bits per heavy atom. The topological polar surface area (TPSA) is 66.2 Å². The molecule has 0 amide bonds. The van der Waals surface area contributed by atoms with Crippen LogP contribution in [0.15, 0.2) is 6.33 Å². The number of rotatable bonds is 5. The predicted octanol–water partition coefficient (Wildman–Crippen LogP) is 0.734. The summed E-state index contributed by atoms with van der Waals surface area (Å²) >= 11 is 0. The van der Waals surface area contributed by atoms with E-state index in [9.17, 15) is 4.79 Å². The third-order valence-electron chi connectivity index (χ3n) is 2.58. The molecule has 2 rings (SSSR count). The van der Waals surface area contributed by atoms with Crippen LogP contribution in [0, 0.1) is 0 Å². The molecule has 1 saturated heterocycles. The number of hydrogen-bond donors (Lipinski definition) is 0. The Morgan fingerprint density at radius 2 is 2.24 bits per heavy atom. The highest BCUT2D eigenvalue weighted by atomic mass is 16.7. The summed E-state index contributed by atoms with van der Waals surface area (Å²) in [5, 5.41) is 4.09. The highest BCUT2D eigenvalue weighted by Gasteiger charge is 2.21. The second kappa shape index (κ2) is 5.37. The van der Waals surface area contributed by atoms with Crippen LogP contribution in [-0.2, 0) is 20.7 Å². The molecular weight excluding hydrogens is 222 g/mol. The van der Waals surface area contributed by atoms with Crippen LogP contribution < -0.4 is 0 Å². The summed E-state index contributed by atoms with van der Waals surface area (Å²) in [6.07, 6.45) is 1.66. The van der Waals surface area contributed by atoms with Gasteiger partial charge < -0.3 is 9.47 Å². The molecule has 1 aliphatic rings. The maximum atomic E-state index is 11.8. The zero-order valence-electron chi connectivity index (χ0n) is 10.1. The normalized spacial score (nSPS) is 16.9. The SMILES string of the molecule is CC(C)n1ncnc1CC(=O)CC1OCCO1. The van der Waals surface area contributed by atoms with Gasteiger partial charge in [-0.1, -0.05) is 0 Å². The lowest BCUT2D eigenvalue weighted by atomic mass is 10.2. The van der Waals surface area contributed by atoms with E-state index in [1.807, 2.05) is 13.8 Å². The van der Waals surface area contributed by atoms with Crippen molar-refractivity contribution in [2.75, 3.05) is 13.2 Å². The van der Waals surface area contributed by atoms with Crippen LogP contribution in [0.5, 0.6) is 0 Å². The Balaban J connectivity index is 1.90. The van der Waals surface area contributed by atoms with Crippen molar-refractivity contribution >= 4 is 5.78 Å². The number of aromatic nitrogens is 3. The zero-order chi connectivity index (χ0) is 12.3. The average Bonchev–Trinajstić information content (AvgIpc) is 2.88. The molecule has 1 fully saturated rings. The van der Waals surface area contributed by atoms with Gasteiger partial charge in [-0.05, 0) is 13.8 Å². The van der Waals surface area contributed by atoms with Crippen molar-refractivity contribution in [2.24, 2.45) is 0 Å². The molecule has 1 aromatic heterocycles. The number of ether oxygens (including phenoxy) is 2. The molecule has 6 heteroatoms. The van der Waals surface area contributed by atoms with Crippen molar-refractivity contribution in [1.82, 2.24) is 14.8 Å². The van der Waals surface area contributed by atoms with E-state index in [0.717, 1.165) is 0 Å². The van der Waals surface area contributed by atoms with E-state index in [-0.39, 0.29) is 31.0 Å². The first kappa shape index (κ1) is 12.2. The standard InChI is InChI=1S/C11H17N3O3/c1-8(2)14-10(12-7-13-14)5-9(15)6-11-16-3-4-17-11/h7-8,11H,3-6H2,1-2H3. The van der Waals surface area contributed by atoms with Crippen LogP contribution in [-0.4, -0.2) is 40.1 Å². The van der Waals surface area contributed by atoms with Gasteiger partial charge in [0.25, 0.3) is 0 Å². The maximum Gasteiger partial charge on any atom is 0.164 e. The molecule has 0 saturated carbocycles. The van der Waals surface area contributed by atoms with Gasteiger partial charge in [-0.3, -0.25) is 4.79 Å². The van der Waals surface area contributed by atoms with Crippen molar-refractivity contribution in [3.8, 4) is 0 Å². The Hall–Kier alpha value is -1.27. The first-order valence-corrected chi connectivity index (χ1v) is 5.80. The molecule has 0 N–H and O–H groups in total. The van der Waals surface area contributed by atoms with Gasteiger partial charge in [0.2, 0.25) is 0 Å². The quantitative estimate of drug-likeness (QED) is 0.758. The Kier molecular flexibility index (Phi) is 3.86. The fraction of sp³-hybridized carbons (Fsp3) is 0.727. The highest BCUT2D eigenvalue weighted by Crippen LogP contribution is 2.11. The second-order valence-electron chi connectivity index (χ2n) is 4.31. The minimum absolute atomic E-state index is 0.0619. The van der Waals surface area contributed by atoms with Crippen LogP contribution in [0.4, 0.5) is 0 Å². The molecule has 0 bridgehead atoms. The van der Waals surface area contributed by atoms with Crippen molar-refractivity contribution in [3.05, 3.63) is 12.2 Å². The molecule has 2 heterocycles. The lowest BCUT2D eigenvalue weighted by molar-refractivity contribution is -0.126. The molecule has 0 unspecified atom stereocenters. The van der Waals surface area contributed by atoms with Gasteiger partial charge in [-0.25, -0.2) is 9.67 Å². The van der Waals surface area contributed by atoms with E-state index >= 15 is 0 Å². The van der Waals surface area contributed by atoms with Crippen LogP contribution in [0.1, 0.15) is 32.1 Å². The summed E-state index contributed by atoms with van der Waals surface area (Å²) in [6, 6.07) is 0.208. The summed E-state index contributed by atoms with van der Waals surface area (Å²) in [4.78, 5) is 15.9. The maximum absolute atomic E-state index is 11.8. The number of hydrogen-bond acceptors (Lipinski definition) is 5. The average molecular weight is 239 g/mol. The van der Waals surface area contributed by atoms with E-state index in [2.05, 4.69) is 10.1 Å². The number of Topliss-reactive ketones (excluding diaryl/α,β-unsaturated/α-hetero) is 1. The monoisotopic (exact) mass is 239 g/mol. The molecule has 1 aliphatic heterocycles. The van der Waals surface area contributed by atoms with Crippen molar-refractivity contribution in [1.29, 1.82) is 0 Å². The van der Waals surface area contributed by atoms with Gasteiger partial charge in [0.1, 0.15) is 17.9 Å². The summed E-state index contributed by atoms with van der Waals surface area (Å²) in [7, 11) is 0. The van der Waals surface area contributed by atoms with Crippen LogP contribution >= 0.6 is 0 Å². The second-order valence-corrected chi connectivity index (χ2v) is 4.31. The van der Waals surface area contributed by atoms with Gasteiger partial charge in [-0.15, -0.1) is 0 Å². The van der Waals surface area contributed by atoms with Crippen molar-refractivity contribution in [2.45, 2.75) is 39.0 Å². The highest BCUT2D eigenvalue weighted by molar-refractivity contribution is 5.80. The summed E-state index contributed by atoms with van der Waals surface area (Å²) < 4.78 is 12.2. The van der Waals surface area contributed by atoms with Crippen molar-refractivity contribution in [3.63, 3.8) is 0 Å². The minimum Gasteiger partial charge on any atom is -0.350 e. The molecule has 0 radical (unpaired) electrons. The van der Waals surface area contributed by atoms with Gasteiger partial charge in [0.15, 0.2) is 6.29 Å². The van der Waals surface area contributed by atoms with Gasteiger partial charge in [0.05, 0.1) is 26.1 Å². The fourth-order valence-corrected chi connectivity index (χ4v) is 1.79. The van der Waals surface area contributed by atoms with Crippen LogP contribution in [0.2, 0.25) is 0 Å². The van der Waals surface area contributed by atoms with Crippen LogP contribution in [0.25, 0.3) is 0 Å². The third kappa shape index (κ3) is 3.10. The first-order chi connectivity index (χ1) is 8.16. The smallest absolute Gasteiger partial charge is 0.164 e. The number of nitrogens with zero attached hydrogens (tertiary/aromatic N) is 3. The molecule has 6 nitrogen and oxygen atoms in total. The number of ketones is 1. The Bertz CT molecular complexity index is 383. The fourth-order valence-electron chi connectivity index (χ4n) is 1.79. The van der Waals surface area contributed by atoms with Gasteiger partial charge >= 0.3 is 0 Å². The van der Waals surface area contributed by atoms with E-state index < -0.39 is 0 Å². The van der Waals surface area contributed by atoms with E-state index in [1.165, 1.54) is 6.33 Å². The lowest BCUT2D eigenvalue weighted by Crippen LogP contribution is -2.18. The van der Waals surface area contributed by atoms with Gasteiger partial charge in [-0.2, -0.15) is 5.10 Å². The summed E-state index contributed by atoms with van der Waals surface area (Å²) in [6.45, 7) is 5.15. The van der Waals surface area contributed by atoms with E-state index in [4.69, 9.17) is 9.47 Å². The summed E-state index contributed by atoms with van der Waals surface area (Å²) in [5.74, 6) is 0.759. The molecule has 1 aromatic rings. The first-order valence-electron chi connectivity index (χ1n) is 5.80. The minimum atomic E-state index is -0.377.